The van der Waals surface area contributed by atoms with Gasteiger partial charge in [0.2, 0.25) is 5.91 Å². The maximum atomic E-state index is 12.4. The Labute approximate surface area is 116 Å². The number of nitrogens with two attached hydrogens (primary N) is 1. The fraction of sp³-hybridized carbons (Fsp3) is 0.583. The first kappa shape index (κ1) is 13.8. The Morgan fingerprint density at radius 1 is 1.67 bits per heavy atom. The van der Waals surface area contributed by atoms with Gasteiger partial charge in [-0.05, 0) is 25.5 Å². The van der Waals surface area contributed by atoms with Crippen molar-refractivity contribution in [1.82, 2.24) is 4.90 Å². The number of nitrogens with zero attached hydrogens (tertiary/aromatic N) is 1. The van der Waals surface area contributed by atoms with Crippen LogP contribution in [0.1, 0.15) is 18.2 Å². The first-order valence-electron chi connectivity index (χ1n) is 5.95. The molecule has 0 radical (unpaired) electrons. The molecule has 100 valence electrons. The van der Waals surface area contributed by atoms with Crippen LogP contribution < -0.4 is 5.73 Å². The summed E-state index contributed by atoms with van der Waals surface area (Å²) >= 11 is 7.38. The fourth-order valence-electron chi connectivity index (χ4n) is 2.02. The van der Waals surface area contributed by atoms with Crippen molar-refractivity contribution < 1.29 is 9.53 Å². The molecule has 1 aliphatic heterocycles. The van der Waals surface area contributed by atoms with Crippen molar-refractivity contribution in [2.45, 2.75) is 25.4 Å². The van der Waals surface area contributed by atoms with E-state index in [0.717, 1.165) is 9.21 Å². The summed E-state index contributed by atoms with van der Waals surface area (Å²) in [6.07, 6.45) is 0.591. The maximum Gasteiger partial charge on any atom is 0.245 e. The Balaban J connectivity index is 2.06. The monoisotopic (exact) mass is 288 g/mol. The summed E-state index contributed by atoms with van der Waals surface area (Å²) < 4.78 is 5.98. The van der Waals surface area contributed by atoms with Crippen LogP contribution in [-0.2, 0) is 16.1 Å². The van der Waals surface area contributed by atoms with Gasteiger partial charge in [-0.3, -0.25) is 4.79 Å². The van der Waals surface area contributed by atoms with Gasteiger partial charge in [-0.25, -0.2) is 0 Å². The summed E-state index contributed by atoms with van der Waals surface area (Å²) in [5, 5.41) is 0. The van der Waals surface area contributed by atoms with Crippen LogP contribution in [0.5, 0.6) is 0 Å². The van der Waals surface area contributed by atoms with E-state index in [1.165, 1.54) is 11.3 Å². The van der Waals surface area contributed by atoms with Gasteiger partial charge in [0, 0.05) is 18.0 Å². The number of rotatable bonds is 4. The molecule has 1 atom stereocenters. The lowest BCUT2D eigenvalue weighted by Crippen LogP contribution is -2.55. The number of likely N-dealkylation sites (N-methyl/N-ethyl adjacent to an activating group) is 1. The van der Waals surface area contributed by atoms with E-state index in [1.54, 1.807) is 4.90 Å². The third-order valence-electron chi connectivity index (χ3n) is 3.12. The van der Waals surface area contributed by atoms with Crippen molar-refractivity contribution >= 4 is 28.8 Å². The minimum Gasteiger partial charge on any atom is -0.379 e. The molecule has 1 aromatic heterocycles. The van der Waals surface area contributed by atoms with Gasteiger partial charge in [0.05, 0.1) is 17.5 Å². The van der Waals surface area contributed by atoms with E-state index in [-0.39, 0.29) is 5.91 Å². The molecular weight excluding hydrogens is 272 g/mol. The topological polar surface area (TPSA) is 55.6 Å². The Bertz CT molecular complexity index is 429. The quantitative estimate of drug-likeness (QED) is 0.920. The SMILES string of the molecule is CCN(Cc1ccc(Cl)s1)C(=O)C1(N)CCOC1. The van der Waals surface area contributed by atoms with Crippen LogP contribution in [0.15, 0.2) is 12.1 Å². The maximum absolute atomic E-state index is 12.4. The predicted molar refractivity (Wildman–Crippen MR) is 72.8 cm³/mol. The van der Waals surface area contributed by atoms with Crippen LogP contribution in [0.3, 0.4) is 0 Å². The molecule has 0 aliphatic carbocycles. The summed E-state index contributed by atoms with van der Waals surface area (Å²) in [4.78, 5) is 15.2. The van der Waals surface area contributed by atoms with Gasteiger partial charge < -0.3 is 15.4 Å². The van der Waals surface area contributed by atoms with Crippen molar-refractivity contribution in [2.75, 3.05) is 19.8 Å². The minimum absolute atomic E-state index is 0.0352. The zero-order valence-corrected chi connectivity index (χ0v) is 11.9. The van der Waals surface area contributed by atoms with Gasteiger partial charge in [-0.1, -0.05) is 11.6 Å². The molecule has 0 spiro atoms. The van der Waals surface area contributed by atoms with E-state index < -0.39 is 5.54 Å². The second kappa shape index (κ2) is 5.57. The number of thiophene rings is 1. The molecule has 4 nitrogen and oxygen atoms in total. The second-order valence-electron chi connectivity index (χ2n) is 4.48. The molecule has 2 rings (SSSR count). The molecule has 6 heteroatoms. The highest BCUT2D eigenvalue weighted by Crippen LogP contribution is 2.25. The first-order valence-corrected chi connectivity index (χ1v) is 7.15. The van der Waals surface area contributed by atoms with Crippen LogP contribution in [0, 0.1) is 0 Å². The second-order valence-corrected chi connectivity index (χ2v) is 6.28. The van der Waals surface area contributed by atoms with Crippen LogP contribution in [0.25, 0.3) is 0 Å². The van der Waals surface area contributed by atoms with Crippen LogP contribution >= 0.6 is 22.9 Å². The number of amides is 1. The van der Waals surface area contributed by atoms with Gasteiger partial charge in [0.15, 0.2) is 0 Å². The van der Waals surface area contributed by atoms with Crippen LogP contribution in [0.4, 0.5) is 0 Å². The zero-order chi connectivity index (χ0) is 13.2. The molecule has 2 heterocycles. The predicted octanol–water partition coefficient (Wildman–Crippen LogP) is 1.87. The van der Waals surface area contributed by atoms with Gasteiger partial charge in [0.25, 0.3) is 0 Å². The average Bonchev–Trinajstić information content (AvgIpc) is 2.95. The Morgan fingerprint density at radius 2 is 2.44 bits per heavy atom. The lowest BCUT2D eigenvalue weighted by molar-refractivity contribution is -0.137. The molecule has 1 saturated heterocycles. The van der Waals surface area contributed by atoms with Gasteiger partial charge in [0.1, 0.15) is 5.54 Å². The third kappa shape index (κ3) is 2.85. The smallest absolute Gasteiger partial charge is 0.245 e. The van der Waals surface area contributed by atoms with Crippen molar-refractivity contribution in [2.24, 2.45) is 5.73 Å². The van der Waals surface area contributed by atoms with Crippen molar-refractivity contribution in [3.63, 3.8) is 0 Å². The molecule has 0 bridgehead atoms. The molecule has 1 amide bonds. The summed E-state index contributed by atoms with van der Waals surface area (Å²) in [6.45, 7) is 4.02. The number of hydrogen-bond donors (Lipinski definition) is 1. The normalized spacial score (nSPS) is 23.3. The van der Waals surface area contributed by atoms with E-state index in [0.29, 0.717) is 32.7 Å². The number of hydrogen-bond acceptors (Lipinski definition) is 4. The van der Waals surface area contributed by atoms with Gasteiger partial charge >= 0.3 is 0 Å². The van der Waals surface area contributed by atoms with Crippen LogP contribution in [-0.4, -0.2) is 36.1 Å². The number of halogens is 1. The largest absolute Gasteiger partial charge is 0.379 e. The molecule has 0 aromatic carbocycles. The zero-order valence-electron chi connectivity index (χ0n) is 10.3. The van der Waals surface area contributed by atoms with E-state index >= 15 is 0 Å². The minimum atomic E-state index is -0.850. The summed E-state index contributed by atoms with van der Waals surface area (Å²) in [5.41, 5.74) is 5.25. The average molecular weight is 289 g/mol. The molecule has 18 heavy (non-hydrogen) atoms. The van der Waals surface area contributed by atoms with Gasteiger partial charge in [-0.2, -0.15) is 0 Å². The molecule has 1 aliphatic rings. The van der Waals surface area contributed by atoms with Crippen molar-refractivity contribution in [1.29, 1.82) is 0 Å². The fourth-order valence-corrected chi connectivity index (χ4v) is 3.12. The highest BCUT2D eigenvalue weighted by molar-refractivity contribution is 7.16. The van der Waals surface area contributed by atoms with Crippen molar-refractivity contribution in [3.8, 4) is 0 Å². The highest BCUT2D eigenvalue weighted by Gasteiger charge is 2.40. The highest BCUT2D eigenvalue weighted by atomic mass is 35.5. The number of ether oxygens (including phenoxy) is 1. The number of carbonyl (C=O) groups is 1. The molecule has 1 aromatic rings. The van der Waals surface area contributed by atoms with Gasteiger partial charge in [-0.15, -0.1) is 11.3 Å². The third-order valence-corrected chi connectivity index (χ3v) is 4.34. The van der Waals surface area contributed by atoms with Crippen molar-refractivity contribution in [3.05, 3.63) is 21.3 Å². The first-order chi connectivity index (χ1) is 8.55. The summed E-state index contributed by atoms with van der Waals surface area (Å²) in [5.74, 6) is -0.0352. The molecule has 2 N–H and O–H groups in total. The molecular formula is C12H17ClN2O2S. The Morgan fingerprint density at radius 3 is 2.94 bits per heavy atom. The van der Waals surface area contributed by atoms with Crippen LogP contribution in [0.2, 0.25) is 4.34 Å². The Kier molecular flexibility index (Phi) is 4.27. The molecule has 0 saturated carbocycles. The molecule has 1 fully saturated rings. The molecule has 1 unspecified atom stereocenters. The van der Waals surface area contributed by atoms with E-state index in [1.807, 2.05) is 19.1 Å². The Hall–Kier alpha value is -0.620. The lowest BCUT2D eigenvalue weighted by Gasteiger charge is -2.29. The van der Waals surface area contributed by atoms with E-state index in [4.69, 9.17) is 22.1 Å². The standard InChI is InChI=1S/C12H17ClN2O2S/c1-2-15(7-9-3-4-10(13)18-9)11(16)12(14)5-6-17-8-12/h3-4H,2,5-8,14H2,1H3. The summed E-state index contributed by atoms with van der Waals surface area (Å²) in [7, 11) is 0. The number of carbonyl (C=O) groups excluding carboxylic acids is 1. The van der Waals surface area contributed by atoms with E-state index in [9.17, 15) is 4.79 Å². The summed E-state index contributed by atoms with van der Waals surface area (Å²) in [6, 6.07) is 3.79. The van der Waals surface area contributed by atoms with E-state index in [2.05, 4.69) is 0 Å². The lowest BCUT2D eigenvalue weighted by atomic mass is 9.98.